The van der Waals surface area contributed by atoms with Gasteiger partial charge in [0.15, 0.2) is 5.78 Å². The number of anilines is 2. The predicted octanol–water partition coefficient (Wildman–Crippen LogP) is 2.88. The average Bonchev–Trinajstić information content (AvgIpc) is 2.68. The normalized spacial score (nSPS) is 16.8. The number of carbonyl (C=O) groups excluding carboxylic acids is 3. The monoisotopic (exact) mass is 394 g/mol. The number of ketones is 1. The van der Waals surface area contributed by atoms with Gasteiger partial charge in [-0.2, -0.15) is 0 Å². The van der Waals surface area contributed by atoms with E-state index in [1.54, 1.807) is 30.3 Å². The van der Waals surface area contributed by atoms with Gasteiger partial charge in [0, 0.05) is 23.5 Å². The lowest BCUT2D eigenvalue weighted by atomic mass is 9.97. The molecule has 0 spiro atoms. The molecule has 2 N–H and O–H groups in total. The van der Waals surface area contributed by atoms with E-state index in [9.17, 15) is 14.4 Å². The number of aryl methyl sites for hydroxylation is 1. The van der Waals surface area contributed by atoms with E-state index in [1.165, 1.54) is 6.92 Å². The molecule has 2 amide bonds. The van der Waals surface area contributed by atoms with Crippen molar-refractivity contribution in [1.82, 2.24) is 9.88 Å². The number of likely N-dealkylation sites (tertiary alicyclic amines) is 1. The number of nitrogens with zero attached hydrogens (tertiary/aromatic N) is 2. The summed E-state index contributed by atoms with van der Waals surface area (Å²) < 4.78 is 0. The number of hydrogen-bond acceptors (Lipinski definition) is 5. The van der Waals surface area contributed by atoms with E-state index < -0.39 is 0 Å². The first kappa shape index (κ1) is 20.7. The first-order valence-electron chi connectivity index (χ1n) is 9.78. The maximum atomic E-state index is 12.6. The molecule has 2 aromatic rings. The van der Waals surface area contributed by atoms with Crippen molar-refractivity contribution in [3.63, 3.8) is 0 Å². The first-order chi connectivity index (χ1) is 13.9. The van der Waals surface area contributed by atoms with Crippen LogP contribution in [0.3, 0.4) is 0 Å². The second kappa shape index (κ2) is 9.43. The highest BCUT2D eigenvalue weighted by atomic mass is 16.2. The van der Waals surface area contributed by atoms with Gasteiger partial charge in [-0.1, -0.05) is 18.2 Å². The summed E-state index contributed by atoms with van der Waals surface area (Å²) in [6.07, 6.45) is 1.64. The Morgan fingerprint density at radius 3 is 2.69 bits per heavy atom. The molecule has 2 heterocycles. The zero-order chi connectivity index (χ0) is 20.8. The van der Waals surface area contributed by atoms with Crippen LogP contribution in [0.4, 0.5) is 11.5 Å². The average molecular weight is 394 g/mol. The van der Waals surface area contributed by atoms with Gasteiger partial charge in [0.05, 0.1) is 12.5 Å². The number of aromatic nitrogens is 1. The molecule has 1 aliphatic rings. The maximum Gasteiger partial charge on any atom is 0.238 e. The second-order valence-corrected chi connectivity index (χ2v) is 7.41. The summed E-state index contributed by atoms with van der Waals surface area (Å²) in [5.41, 5.74) is 2.00. The van der Waals surface area contributed by atoms with Crippen molar-refractivity contribution < 1.29 is 14.4 Å². The lowest BCUT2D eigenvalue weighted by Gasteiger charge is -2.31. The molecule has 29 heavy (non-hydrogen) atoms. The number of Topliss-reactive ketones (excluding diaryl/α,β-unsaturated/α-hetero) is 1. The summed E-state index contributed by atoms with van der Waals surface area (Å²) in [6.45, 7) is 4.87. The Balaban J connectivity index is 1.53. The molecule has 0 bridgehead atoms. The van der Waals surface area contributed by atoms with E-state index >= 15 is 0 Å². The number of rotatable bonds is 6. The summed E-state index contributed by atoms with van der Waals surface area (Å²) >= 11 is 0. The topological polar surface area (TPSA) is 91.4 Å². The number of pyridine rings is 1. The van der Waals surface area contributed by atoms with Crippen molar-refractivity contribution in [2.24, 2.45) is 5.92 Å². The summed E-state index contributed by atoms with van der Waals surface area (Å²) in [5.74, 6) is 0.0960. The molecule has 1 unspecified atom stereocenters. The summed E-state index contributed by atoms with van der Waals surface area (Å²) in [5, 5.41) is 5.71. The minimum absolute atomic E-state index is 0.0471. The molecular weight excluding hydrogens is 368 g/mol. The van der Waals surface area contributed by atoms with Crippen molar-refractivity contribution >= 4 is 29.1 Å². The Bertz CT molecular complexity index is 912. The quantitative estimate of drug-likeness (QED) is 0.735. The smallest absolute Gasteiger partial charge is 0.238 e. The third-order valence-electron chi connectivity index (χ3n) is 4.94. The first-order valence-corrected chi connectivity index (χ1v) is 9.78. The fourth-order valence-corrected chi connectivity index (χ4v) is 3.47. The van der Waals surface area contributed by atoms with E-state index in [2.05, 4.69) is 15.6 Å². The largest absolute Gasteiger partial charge is 0.325 e. The van der Waals surface area contributed by atoms with E-state index in [0.717, 1.165) is 25.1 Å². The fourth-order valence-electron chi connectivity index (χ4n) is 3.47. The van der Waals surface area contributed by atoms with Gasteiger partial charge < -0.3 is 10.6 Å². The van der Waals surface area contributed by atoms with Crippen LogP contribution in [-0.2, 0) is 9.59 Å². The van der Waals surface area contributed by atoms with Crippen LogP contribution in [0.5, 0.6) is 0 Å². The van der Waals surface area contributed by atoms with Gasteiger partial charge in [-0.15, -0.1) is 0 Å². The highest BCUT2D eigenvalue weighted by Gasteiger charge is 2.27. The number of carbonyl (C=O) groups is 3. The zero-order valence-corrected chi connectivity index (χ0v) is 16.8. The molecule has 1 aromatic heterocycles. The van der Waals surface area contributed by atoms with Crippen LogP contribution in [0.2, 0.25) is 0 Å². The molecule has 1 aliphatic heterocycles. The molecule has 0 saturated carbocycles. The van der Waals surface area contributed by atoms with Crippen LogP contribution in [0.15, 0.2) is 42.5 Å². The highest BCUT2D eigenvalue weighted by Crippen LogP contribution is 2.19. The standard InChI is InChI=1S/C22H26N4O3/c1-15-6-3-10-20(23-15)25-22(29)18-8-5-11-26(13-18)14-21(28)24-19-9-4-7-17(12-19)16(2)27/h3-4,6-7,9-10,12,18H,5,8,11,13-14H2,1-2H3,(H,24,28)(H,23,25,29). The van der Waals surface area contributed by atoms with Gasteiger partial charge in [-0.25, -0.2) is 4.98 Å². The molecule has 0 radical (unpaired) electrons. The van der Waals surface area contributed by atoms with Crippen LogP contribution in [-0.4, -0.2) is 47.1 Å². The van der Waals surface area contributed by atoms with Crippen molar-refractivity contribution in [3.05, 3.63) is 53.7 Å². The Morgan fingerprint density at radius 2 is 1.93 bits per heavy atom. The number of benzene rings is 1. The van der Waals surface area contributed by atoms with Gasteiger partial charge in [-0.05, 0) is 57.5 Å². The molecule has 7 nitrogen and oxygen atoms in total. The number of piperidine rings is 1. The minimum atomic E-state index is -0.181. The Labute approximate surface area is 170 Å². The Kier molecular flexibility index (Phi) is 6.72. The third kappa shape index (κ3) is 5.96. The lowest BCUT2D eigenvalue weighted by Crippen LogP contribution is -2.44. The van der Waals surface area contributed by atoms with Crippen molar-refractivity contribution in [2.45, 2.75) is 26.7 Å². The van der Waals surface area contributed by atoms with Crippen LogP contribution in [0.25, 0.3) is 0 Å². The number of hydrogen-bond donors (Lipinski definition) is 2. The molecule has 0 aliphatic carbocycles. The zero-order valence-electron chi connectivity index (χ0n) is 16.8. The molecule has 1 aromatic carbocycles. The van der Waals surface area contributed by atoms with Crippen LogP contribution >= 0.6 is 0 Å². The van der Waals surface area contributed by atoms with Gasteiger partial charge >= 0.3 is 0 Å². The van der Waals surface area contributed by atoms with E-state index in [1.807, 2.05) is 24.0 Å². The van der Waals surface area contributed by atoms with Gasteiger partial charge in [-0.3, -0.25) is 19.3 Å². The van der Waals surface area contributed by atoms with Gasteiger partial charge in [0.1, 0.15) is 5.82 Å². The second-order valence-electron chi connectivity index (χ2n) is 7.41. The molecular formula is C22H26N4O3. The lowest BCUT2D eigenvalue weighted by molar-refractivity contribution is -0.123. The fraction of sp³-hybridized carbons (Fsp3) is 0.364. The molecule has 7 heteroatoms. The van der Waals surface area contributed by atoms with E-state index in [4.69, 9.17) is 0 Å². The summed E-state index contributed by atoms with van der Waals surface area (Å²) in [6, 6.07) is 12.4. The van der Waals surface area contributed by atoms with Crippen LogP contribution in [0.1, 0.15) is 35.8 Å². The molecule has 1 saturated heterocycles. The van der Waals surface area contributed by atoms with Gasteiger partial charge in [0.2, 0.25) is 11.8 Å². The molecule has 152 valence electrons. The van der Waals surface area contributed by atoms with Crippen molar-refractivity contribution in [2.75, 3.05) is 30.3 Å². The number of nitrogens with one attached hydrogen (secondary N) is 2. The Morgan fingerprint density at radius 1 is 1.14 bits per heavy atom. The Hall–Kier alpha value is -3.06. The van der Waals surface area contributed by atoms with Gasteiger partial charge in [0.25, 0.3) is 0 Å². The highest BCUT2D eigenvalue weighted by molar-refractivity contribution is 5.97. The van der Waals surface area contributed by atoms with Crippen LogP contribution < -0.4 is 10.6 Å². The summed E-state index contributed by atoms with van der Waals surface area (Å²) in [4.78, 5) is 42.8. The molecule has 1 fully saturated rings. The maximum absolute atomic E-state index is 12.6. The molecule has 3 rings (SSSR count). The van der Waals surface area contributed by atoms with Crippen molar-refractivity contribution in [3.8, 4) is 0 Å². The predicted molar refractivity (Wildman–Crippen MR) is 112 cm³/mol. The number of amides is 2. The molecule has 1 atom stereocenters. The van der Waals surface area contributed by atoms with Crippen molar-refractivity contribution in [1.29, 1.82) is 0 Å². The minimum Gasteiger partial charge on any atom is -0.325 e. The van der Waals surface area contributed by atoms with E-state index in [-0.39, 0.29) is 30.1 Å². The SMILES string of the molecule is CC(=O)c1cccc(NC(=O)CN2CCCC(C(=O)Nc3cccc(C)n3)C2)c1. The van der Waals surface area contributed by atoms with E-state index in [0.29, 0.717) is 23.6 Å². The van der Waals surface area contributed by atoms with Crippen LogP contribution in [0, 0.1) is 12.8 Å². The third-order valence-corrected chi connectivity index (χ3v) is 4.94. The summed E-state index contributed by atoms with van der Waals surface area (Å²) in [7, 11) is 0.